The number of carbonyl (C=O) groups is 2. The summed E-state index contributed by atoms with van der Waals surface area (Å²) < 4.78 is 91.3. The molecule has 1 aromatic heterocycles. The highest BCUT2D eigenvalue weighted by atomic mass is 32.2. The number of benzene rings is 3. The smallest absolute Gasteiger partial charge is 0.490 e. The lowest BCUT2D eigenvalue weighted by Crippen LogP contribution is -2.52. The van der Waals surface area contributed by atoms with Gasteiger partial charge in [-0.3, -0.25) is 14.5 Å². The van der Waals surface area contributed by atoms with Crippen molar-refractivity contribution in [1.29, 1.82) is 0 Å². The van der Waals surface area contributed by atoms with Gasteiger partial charge < -0.3 is 24.1 Å². The summed E-state index contributed by atoms with van der Waals surface area (Å²) in [6.45, 7) is 1.74. The van der Waals surface area contributed by atoms with Crippen LogP contribution in [0.25, 0.3) is 11.0 Å². The molecule has 266 valence electrons. The highest BCUT2D eigenvalue weighted by molar-refractivity contribution is 7.90. The summed E-state index contributed by atoms with van der Waals surface area (Å²) in [6.07, 6.45) is -3.63. The number of piperidine rings is 2. The molecule has 6 rings (SSSR count). The first-order valence-electron chi connectivity index (χ1n) is 16.0. The molecule has 3 aromatic carbocycles. The standard InChI is InChI=1S/C35H35F4N3O7S/c1-50(45,46)28-9-7-25(8-10-28)47-26-12-16-42(17-13-26)34(44)23-4-11-31-24(18-23)19-32(48-31)33(43)40-30-14-15-41(21-29(30)36)20-22-2-5-27(6-3-22)49-35(37,38)39/h2-11,18-19,26,29-30H,12-17,20-21H2,1H3,(H,40,43). The molecular formula is C35H35F4N3O7S. The maximum absolute atomic E-state index is 15.1. The monoisotopic (exact) mass is 717 g/mol. The highest BCUT2D eigenvalue weighted by Gasteiger charge is 2.33. The van der Waals surface area contributed by atoms with Crippen molar-refractivity contribution in [2.75, 3.05) is 32.4 Å². The lowest BCUT2D eigenvalue weighted by atomic mass is 10.0. The van der Waals surface area contributed by atoms with Gasteiger partial charge in [-0.2, -0.15) is 0 Å². The molecule has 0 radical (unpaired) electrons. The molecule has 2 amide bonds. The van der Waals surface area contributed by atoms with Gasteiger partial charge in [0.15, 0.2) is 15.6 Å². The van der Waals surface area contributed by atoms with Crippen LogP contribution in [-0.2, 0) is 16.4 Å². The van der Waals surface area contributed by atoms with Crippen molar-refractivity contribution in [1.82, 2.24) is 15.1 Å². The van der Waals surface area contributed by atoms with Crippen LogP contribution >= 0.6 is 0 Å². The van der Waals surface area contributed by atoms with E-state index in [4.69, 9.17) is 9.15 Å². The van der Waals surface area contributed by atoms with Gasteiger partial charge in [-0.1, -0.05) is 12.1 Å². The van der Waals surface area contributed by atoms with Gasteiger partial charge in [-0.25, -0.2) is 12.8 Å². The highest BCUT2D eigenvalue weighted by Crippen LogP contribution is 2.27. The Morgan fingerprint density at radius 2 is 1.60 bits per heavy atom. The number of halogens is 4. The Kier molecular flexibility index (Phi) is 10.1. The molecular weight excluding hydrogens is 682 g/mol. The fourth-order valence-electron chi connectivity index (χ4n) is 6.17. The zero-order valence-corrected chi connectivity index (χ0v) is 27.8. The molecule has 0 aliphatic carbocycles. The topological polar surface area (TPSA) is 118 Å². The first kappa shape index (κ1) is 35.2. The summed E-state index contributed by atoms with van der Waals surface area (Å²) in [5, 5.41) is 3.26. The molecule has 2 atom stereocenters. The van der Waals surface area contributed by atoms with E-state index in [-0.39, 0.29) is 35.0 Å². The van der Waals surface area contributed by atoms with E-state index in [0.29, 0.717) is 73.3 Å². The van der Waals surface area contributed by atoms with Gasteiger partial charge in [0, 0.05) is 62.8 Å². The van der Waals surface area contributed by atoms with Crippen LogP contribution in [0.1, 0.15) is 45.7 Å². The third-order valence-corrected chi connectivity index (χ3v) is 9.90. The predicted molar refractivity (Wildman–Crippen MR) is 174 cm³/mol. The van der Waals surface area contributed by atoms with Crippen LogP contribution in [0.5, 0.6) is 11.5 Å². The second-order valence-corrected chi connectivity index (χ2v) is 14.5. The molecule has 2 saturated heterocycles. The number of fused-ring (bicyclic) bond motifs is 1. The van der Waals surface area contributed by atoms with Gasteiger partial charge in [-0.15, -0.1) is 13.2 Å². The van der Waals surface area contributed by atoms with Crippen molar-refractivity contribution in [3.63, 3.8) is 0 Å². The Labute approximate surface area is 285 Å². The van der Waals surface area contributed by atoms with E-state index < -0.39 is 34.3 Å². The molecule has 3 heterocycles. The van der Waals surface area contributed by atoms with E-state index in [1.807, 2.05) is 4.90 Å². The van der Waals surface area contributed by atoms with Crippen LogP contribution in [-0.4, -0.2) is 87.1 Å². The number of alkyl halides is 4. The third kappa shape index (κ3) is 8.74. The first-order chi connectivity index (χ1) is 23.7. The number of nitrogens with zero attached hydrogens (tertiary/aromatic N) is 2. The van der Waals surface area contributed by atoms with Gasteiger partial charge in [-0.05, 0) is 72.6 Å². The van der Waals surface area contributed by atoms with E-state index in [9.17, 15) is 31.2 Å². The van der Waals surface area contributed by atoms with Crippen LogP contribution < -0.4 is 14.8 Å². The van der Waals surface area contributed by atoms with E-state index in [1.54, 1.807) is 35.2 Å². The maximum atomic E-state index is 15.1. The van der Waals surface area contributed by atoms with Crippen molar-refractivity contribution < 1.29 is 49.5 Å². The Morgan fingerprint density at radius 1 is 0.920 bits per heavy atom. The maximum Gasteiger partial charge on any atom is 0.573 e. The first-order valence-corrected chi connectivity index (χ1v) is 17.9. The summed E-state index contributed by atoms with van der Waals surface area (Å²) in [5.74, 6) is -0.536. The minimum Gasteiger partial charge on any atom is -0.490 e. The van der Waals surface area contributed by atoms with Gasteiger partial charge in [0.1, 0.15) is 29.4 Å². The number of carbonyl (C=O) groups excluding carboxylic acids is 2. The Balaban J connectivity index is 0.988. The van der Waals surface area contributed by atoms with Crippen molar-refractivity contribution in [2.45, 2.75) is 55.4 Å². The number of sulfone groups is 1. The van der Waals surface area contributed by atoms with Gasteiger partial charge in [0.25, 0.3) is 11.8 Å². The largest absolute Gasteiger partial charge is 0.573 e. The molecule has 2 fully saturated rings. The van der Waals surface area contributed by atoms with E-state index in [0.717, 1.165) is 6.26 Å². The average molecular weight is 718 g/mol. The summed E-state index contributed by atoms with van der Waals surface area (Å²) in [7, 11) is -3.30. The van der Waals surface area contributed by atoms with Crippen molar-refractivity contribution in [3.05, 3.63) is 89.7 Å². The van der Waals surface area contributed by atoms with Crippen LogP contribution in [0.15, 0.2) is 82.1 Å². The van der Waals surface area contributed by atoms with Crippen LogP contribution in [0.2, 0.25) is 0 Å². The lowest BCUT2D eigenvalue weighted by molar-refractivity contribution is -0.274. The Bertz CT molecular complexity index is 1940. The fraction of sp³-hybridized carbons (Fsp3) is 0.371. The van der Waals surface area contributed by atoms with Crippen LogP contribution in [0.4, 0.5) is 17.6 Å². The summed E-state index contributed by atoms with van der Waals surface area (Å²) in [5.41, 5.74) is 1.53. The molecule has 50 heavy (non-hydrogen) atoms. The zero-order chi connectivity index (χ0) is 35.6. The molecule has 2 aliphatic heterocycles. The molecule has 10 nitrogen and oxygen atoms in total. The fourth-order valence-corrected chi connectivity index (χ4v) is 6.80. The van der Waals surface area contributed by atoms with E-state index in [2.05, 4.69) is 10.1 Å². The quantitative estimate of drug-likeness (QED) is 0.217. The normalized spacial score (nSPS) is 19.3. The Morgan fingerprint density at radius 3 is 2.24 bits per heavy atom. The molecule has 4 aromatic rings. The number of amides is 2. The molecule has 0 bridgehead atoms. The second-order valence-electron chi connectivity index (χ2n) is 12.5. The van der Waals surface area contributed by atoms with E-state index >= 15 is 4.39 Å². The van der Waals surface area contributed by atoms with Crippen molar-refractivity contribution in [2.24, 2.45) is 0 Å². The SMILES string of the molecule is CS(=O)(=O)c1ccc(OC2CCN(C(=O)c3ccc4oc(C(=O)NC5CCN(Cc6ccc(OC(F)(F)F)cc6)CC5F)cc4c3)CC2)cc1. The number of likely N-dealkylation sites (tertiary alicyclic amines) is 2. The molecule has 15 heteroatoms. The predicted octanol–water partition coefficient (Wildman–Crippen LogP) is 5.76. The van der Waals surface area contributed by atoms with Crippen LogP contribution in [0, 0.1) is 0 Å². The summed E-state index contributed by atoms with van der Waals surface area (Å²) >= 11 is 0. The molecule has 1 N–H and O–H groups in total. The summed E-state index contributed by atoms with van der Waals surface area (Å²) in [6, 6.07) is 17.3. The van der Waals surface area contributed by atoms with Crippen molar-refractivity contribution >= 4 is 32.6 Å². The minimum absolute atomic E-state index is 0.0112. The van der Waals surface area contributed by atoms with Gasteiger partial charge in [0.05, 0.1) is 10.9 Å². The zero-order valence-electron chi connectivity index (χ0n) is 27.0. The number of hydrogen-bond acceptors (Lipinski definition) is 8. The molecule has 0 saturated carbocycles. The third-order valence-electron chi connectivity index (χ3n) is 8.78. The molecule has 0 spiro atoms. The number of furan rings is 1. The number of ether oxygens (including phenoxy) is 2. The van der Waals surface area contributed by atoms with Crippen LogP contribution in [0.3, 0.4) is 0 Å². The van der Waals surface area contributed by atoms with Crippen molar-refractivity contribution in [3.8, 4) is 11.5 Å². The molecule has 2 aliphatic rings. The number of hydrogen-bond donors (Lipinski definition) is 1. The summed E-state index contributed by atoms with van der Waals surface area (Å²) in [4.78, 5) is 30.1. The number of rotatable bonds is 9. The van der Waals surface area contributed by atoms with Gasteiger partial charge in [0.2, 0.25) is 0 Å². The second kappa shape index (κ2) is 14.3. The number of nitrogens with one attached hydrogen (secondary N) is 1. The lowest BCUT2D eigenvalue weighted by Gasteiger charge is -2.34. The molecule has 2 unspecified atom stereocenters. The Hall–Kier alpha value is -4.63. The average Bonchev–Trinajstić information content (AvgIpc) is 3.50. The minimum atomic E-state index is -4.78. The van der Waals surface area contributed by atoms with Gasteiger partial charge >= 0.3 is 6.36 Å². The van der Waals surface area contributed by atoms with E-state index in [1.165, 1.54) is 42.5 Å².